The van der Waals surface area contributed by atoms with E-state index >= 15 is 0 Å². The fraction of sp³-hybridized carbons (Fsp3) is 0.276. The van der Waals surface area contributed by atoms with Crippen molar-refractivity contribution in [2.24, 2.45) is 0 Å². The number of carbonyl (C=O) groups is 1. The number of rotatable bonds is 5. The largest absolute Gasteiger partial charge is 0.382 e. The Hall–Kier alpha value is -4.78. The number of nitrogens with two attached hydrogens (primary N) is 1. The molecule has 0 spiro atoms. The van der Waals surface area contributed by atoms with Crippen LogP contribution in [-0.2, 0) is 9.84 Å². The van der Waals surface area contributed by atoms with Crippen molar-refractivity contribution in [3.05, 3.63) is 82.9 Å². The second-order valence-corrected chi connectivity index (χ2v) is 13.0. The predicted molar refractivity (Wildman–Crippen MR) is 156 cm³/mol. The summed E-state index contributed by atoms with van der Waals surface area (Å²) in [6.45, 7) is 0. The smallest absolute Gasteiger partial charge is 0.323 e. The van der Waals surface area contributed by atoms with Gasteiger partial charge in [-0.25, -0.2) is 18.2 Å². The van der Waals surface area contributed by atoms with Gasteiger partial charge in [-0.2, -0.15) is 9.61 Å². The molecule has 3 atom stereocenters. The zero-order valence-electron chi connectivity index (χ0n) is 22.7. The predicted octanol–water partition coefficient (Wildman–Crippen LogP) is 3.01. The number of nitrogens with zero attached hydrogens (tertiary/aromatic N) is 5. The van der Waals surface area contributed by atoms with Crippen molar-refractivity contribution < 1.29 is 13.2 Å². The molecule has 0 unspecified atom stereocenters. The van der Waals surface area contributed by atoms with Gasteiger partial charge in [0.2, 0.25) is 0 Å². The Bertz CT molecular complexity index is 1980. The van der Waals surface area contributed by atoms with E-state index in [0.717, 1.165) is 35.9 Å². The van der Waals surface area contributed by atoms with Crippen LogP contribution in [0.25, 0.3) is 28.0 Å². The molecule has 12 nitrogen and oxygen atoms in total. The maximum atomic E-state index is 13.2. The van der Waals surface area contributed by atoms with Gasteiger partial charge < -0.3 is 20.6 Å². The van der Waals surface area contributed by atoms with Crippen LogP contribution >= 0.6 is 0 Å². The highest BCUT2D eigenvalue weighted by molar-refractivity contribution is 7.91. The summed E-state index contributed by atoms with van der Waals surface area (Å²) in [5.74, 6) is -0.473. The van der Waals surface area contributed by atoms with Gasteiger partial charge >= 0.3 is 5.69 Å². The summed E-state index contributed by atoms with van der Waals surface area (Å²) in [5, 5.41) is 4.40. The van der Waals surface area contributed by atoms with Gasteiger partial charge in [-0.15, -0.1) is 0 Å². The fourth-order valence-corrected chi connectivity index (χ4v) is 7.59. The monoisotopic (exact) mass is 584 g/mol. The van der Waals surface area contributed by atoms with E-state index in [1.54, 1.807) is 12.4 Å². The lowest BCUT2D eigenvalue weighted by Crippen LogP contribution is -2.46. The van der Waals surface area contributed by atoms with Crippen LogP contribution in [0.5, 0.6) is 0 Å². The summed E-state index contributed by atoms with van der Waals surface area (Å²) in [5.41, 5.74) is 10.4. The topological polar surface area (TPSA) is 172 Å². The number of aromatic amines is 2. The second kappa shape index (κ2) is 9.65. The Morgan fingerprint density at radius 3 is 2.38 bits per heavy atom. The molecule has 13 heteroatoms. The Morgan fingerprint density at radius 1 is 1.02 bits per heavy atom. The first-order chi connectivity index (χ1) is 20.2. The quantitative estimate of drug-likeness (QED) is 0.283. The maximum absolute atomic E-state index is 13.2. The van der Waals surface area contributed by atoms with Crippen LogP contribution in [0.15, 0.2) is 70.7 Å². The molecule has 4 N–H and O–H groups in total. The molecule has 2 bridgehead atoms. The number of fused-ring (bicyclic) bond motifs is 3. The summed E-state index contributed by atoms with van der Waals surface area (Å²) < 4.78 is 27.5. The zero-order chi connectivity index (χ0) is 29.2. The first kappa shape index (κ1) is 26.1. The molecular weight excluding hydrogens is 556 g/mol. The second-order valence-electron chi connectivity index (χ2n) is 11.0. The molecule has 5 aromatic rings. The number of benzene rings is 1. The molecule has 2 aliphatic rings. The van der Waals surface area contributed by atoms with Crippen molar-refractivity contribution >= 4 is 27.2 Å². The fourth-order valence-electron chi connectivity index (χ4n) is 6.53. The van der Waals surface area contributed by atoms with Gasteiger partial charge in [0.05, 0.1) is 17.6 Å². The Labute approximate surface area is 240 Å². The average molecular weight is 585 g/mol. The van der Waals surface area contributed by atoms with E-state index in [2.05, 4.69) is 20.1 Å². The normalized spacial score (nSPS) is 20.3. The number of aromatic nitrogens is 6. The molecule has 7 rings (SSSR count). The number of hydrogen-bond acceptors (Lipinski definition) is 8. The van der Waals surface area contributed by atoms with E-state index in [4.69, 9.17) is 10.7 Å². The average Bonchev–Trinajstić information content (AvgIpc) is 3.68. The van der Waals surface area contributed by atoms with Gasteiger partial charge in [0.15, 0.2) is 15.5 Å². The highest BCUT2D eigenvalue weighted by atomic mass is 32.2. The van der Waals surface area contributed by atoms with Gasteiger partial charge in [-0.05, 0) is 31.7 Å². The van der Waals surface area contributed by atoms with E-state index in [1.165, 1.54) is 10.7 Å². The van der Waals surface area contributed by atoms with Gasteiger partial charge in [-0.1, -0.05) is 36.4 Å². The molecule has 2 saturated heterocycles. The highest BCUT2D eigenvalue weighted by Gasteiger charge is 2.46. The molecule has 2 aliphatic heterocycles. The van der Waals surface area contributed by atoms with Crippen molar-refractivity contribution in [2.75, 3.05) is 12.0 Å². The van der Waals surface area contributed by atoms with E-state index in [9.17, 15) is 18.0 Å². The lowest BCUT2D eigenvalue weighted by atomic mass is 9.87. The maximum Gasteiger partial charge on any atom is 0.323 e. The molecule has 2 fully saturated rings. The number of anilines is 1. The van der Waals surface area contributed by atoms with Crippen LogP contribution in [-0.4, -0.2) is 67.1 Å². The van der Waals surface area contributed by atoms with Crippen molar-refractivity contribution in [1.82, 2.24) is 34.4 Å². The minimum atomic E-state index is -3.77. The lowest BCUT2D eigenvalue weighted by molar-refractivity contribution is 0.0562. The first-order valence-corrected chi connectivity index (χ1v) is 15.6. The van der Waals surface area contributed by atoms with E-state index in [1.807, 2.05) is 47.4 Å². The van der Waals surface area contributed by atoms with Crippen LogP contribution < -0.4 is 11.4 Å². The number of imidazole rings is 1. The Kier molecular flexibility index (Phi) is 6.01. The summed E-state index contributed by atoms with van der Waals surface area (Å²) in [6.07, 6.45) is 8.50. The van der Waals surface area contributed by atoms with Crippen molar-refractivity contribution in [3.8, 4) is 22.4 Å². The van der Waals surface area contributed by atoms with Crippen molar-refractivity contribution in [1.29, 1.82) is 0 Å². The van der Waals surface area contributed by atoms with Gasteiger partial charge in [0, 0.05) is 53.3 Å². The number of nitrogen functional groups attached to an aromatic ring is 1. The summed E-state index contributed by atoms with van der Waals surface area (Å²) in [4.78, 5) is 41.2. The molecule has 0 radical (unpaired) electrons. The van der Waals surface area contributed by atoms with Crippen LogP contribution in [0.1, 0.15) is 47.8 Å². The number of amides is 1. The highest BCUT2D eigenvalue weighted by Crippen LogP contribution is 2.45. The number of H-pyrrole nitrogens is 2. The molecule has 4 aromatic heterocycles. The van der Waals surface area contributed by atoms with E-state index < -0.39 is 15.5 Å². The van der Waals surface area contributed by atoms with Crippen LogP contribution in [0, 0.1) is 0 Å². The molecule has 0 aliphatic carbocycles. The minimum absolute atomic E-state index is 0.00775. The molecule has 1 amide bonds. The molecule has 6 heterocycles. The van der Waals surface area contributed by atoms with E-state index in [-0.39, 0.29) is 40.3 Å². The van der Waals surface area contributed by atoms with Crippen LogP contribution in [0.4, 0.5) is 5.82 Å². The van der Waals surface area contributed by atoms with E-state index in [0.29, 0.717) is 29.7 Å². The number of carbonyl (C=O) groups excluding carboxylic acids is 1. The van der Waals surface area contributed by atoms with Gasteiger partial charge in [0.1, 0.15) is 16.4 Å². The zero-order valence-corrected chi connectivity index (χ0v) is 23.5. The lowest BCUT2D eigenvalue weighted by Gasteiger charge is -2.39. The number of piperidine rings is 1. The van der Waals surface area contributed by atoms with Crippen molar-refractivity contribution in [2.45, 2.75) is 48.6 Å². The summed E-state index contributed by atoms with van der Waals surface area (Å²) in [7, 11) is -3.77. The third-order valence-corrected chi connectivity index (χ3v) is 9.52. The number of hydrogen-bond donors (Lipinski definition) is 3. The molecular formula is C29H28N8O4S. The van der Waals surface area contributed by atoms with Crippen molar-refractivity contribution in [3.63, 3.8) is 0 Å². The summed E-state index contributed by atoms with van der Waals surface area (Å²) in [6, 6.07) is 13.5. The molecule has 1 aromatic carbocycles. The summed E-state index contributed by atoms with van der Waals surface area (Å²) >= 11 is 0. The standard InChI is InChI=1S/C29H28N8O4S/c1-42(40,41)25-24(18-11-19-8-9-20(12-18)36(19)28(38)23-15-32-29(39)34-23)35-27-21(14-33-37(27)26(25)30)17-7-10-22(31-13-17)16-5-3-2-4-6-16/h2-7,10,13-15,18-20H,8-9,11-12,30H2,1H3,(H2,32,34,39)/t18-,19-,20+. The third-order valence-electron chi connectivity index (χ3n) is 8.36. The van der Waals surface area contributed by atoms with Gasteiger partial charge in [0.25, 0.3) is 5.91 Å². The molecule has 0 saturated carbocycles. The van der Waals surface area contributed by atoms with Gasteiger partial charge in [-0.3, -0.25) is 9.78 Å². The minimum Gasteiger partial charge on any atom is -0.382 e. The first-order valence-electron chi connectivity index (χ1n) is 13.7. The SMILES string of the molecule is CS(=O)(=O)c1c([C@@H]2C[C@H]3CC[C@@H](C2)N3C(=O)c2c[nH]c(=O)[nH]2)nc2c(-c3ccc(-c4ccccc4)nc3)cnn2c1N. The molecule has 42 heavy (non-hydrogen) atoms. The number of pyridine rings is 1. The van der Waals surface area contributed by atoms with Crippen LogP contribution in [0.3, 0.4) is 0 Å². The number of nitrogens with one attached hydrogen (secondary N) is 2. The van der Waals surface area contributed by atoms with Crippen LogP contribution in [0.2, 0.25) is 0 Å². The Morgan fingerprint density at radius 2 is 1.76 bits per heavy atom. The third kappa shape index (κ3) is 4.28. The molecule has 214 valence electrons. The number of sulfone groups is 1. The Balaban J connectivity index is 1.28.